The summed E-state index contributed by atoms with van der Waals surface area (Å²) in [5, 5.41) is 3.67. The normalized spacial score (nSPS) is 23.9. The largest absolute Gasteiger partial charge is 0.444 e. The van der Waals surface area contributed by atoms with Crippen LogP contribution in [0.1, 0.15) is 59.8 Å². The molecule has 1 aliphatic rings. The van der Waals surface area contributed by atoms with Gasteiger partial charge in [0.1, 0.15) is 5.60 Å². The van der Waals surface area contributed by atoms with Crippen molar-refractivity contribution in [1.29, 1.82) is 0 Å². The summed E-state index contributed by atoms with van der Waals surface area (Å²) in [5.74, 6) is 0. The van der Waals surface area contributed by atoms with E-state index in [1.807, 2.05) is 27.8 Å². The van der Waals surface area contributed by atoms with E-state index >= 15 is 0 Å². The summed E-state index contributed by atoms with van der Waals surface area (Å²) in [6.07, 6.45) is 5.10. The lowest BCUT2D eigenvalue weighted by molar-refractivity contribution is 0.0176. The Labute approximate surface area is 135 Å². The summed E-state index contributed by atoms with van der Waals surface area (Å²) in [4.78, 5) is 13.9. The first kappa shape index (κ1) is 19.2. The fourth-order valence-corrected chi connectivity index (χ4v) is 2.93. The van der Waals surface area contributed by atoms with Gasteiger partial charge >= 0.3 is 6.09 Å². The molecular weight excluding hydrogens is 280 g/mol. The predicted octanol–water partition coefficient (Wildman–Crippen LogP) is 3.18. The summed E-state index contributed by atoms with van der Waals surface area (Å²) < 4.78 is 10.7. The smallest absolute Gasteiger partial charge is 0.410 e. The van der Waals surface area contributed by atoms with Crippen LogP contribution in [0.25, 0.3) is 0 Å². The summed E-state index contributed by atoms with van der Waals surface area (Å²) in [5.41, 5.74) is -0.432. The molecule has 1 amide bonds. The molecule has 0 aliphatic heterocycles. The van der Waals surface area contributed by atoms with E-state index in [0.29, 0.717) is 12.1 Å². The molecule has 1 aliphatic carbocycles. The van der Waals surface area contributed by atoms with Crippen LogP contribution in [0, 0.1) is 0 Å². The molecule has 0 spiro atoms. The fraction of sp³-hybridized carbons (Fsp3) is 0.941. The Balaban J connectivity index is 2.39. The topological polar surface area (TPSA) is 50.8 Å². The second-order valence-corrected chi connectivity index (χ2v) is 7.32. The number of hydrogen-bond acceptors (Lipinski definition) is 4. The van der Waals surface area contributed by atoms with Gasteiger partial charge in [0.25, 0.3) is 0 Å². The zero-order valence-corrected chi connectivity index (χ0v) is 15.1. The second-order valence-electron chi connectivity index (χ2n) is 7.32. The van der Waals surface area contributed by atoms with Gasteiger partial charge in [0.2, 0.25) is 0 Å². The average molecular weight is 314 g/mol. The zero-order valence-electron chi connectivity index (χ0n) is 15.1. The van der Waals surface area contributed by atoms with Gasteiger partial charge in [-0.1, -0.05) is 6.92 Å². The molecule has 0 aromatic heterocycles. The Morgan fingerprint density at radius 2 is 1.86 bits per heavy atom. The van der Waals surface area contributed by atoms with Crippen molar-refractivity contribution in [2.75, 3.05) is 20.8 Å². The van der Waals surface area contributed by atoms with Crippen molar-refractivity contribution in [3.05, 3.63) is 0 Å². The number of methoxy groups -OCH3 is 1. The maximum Gasteiger partial charge on any atom is 0.410 e. The molecule has 5 nitrogen and oxygen atoms in total. The first-order valence-electron chi connectivity index (χ1n) is 8.47. The van der Waals surface area contributed by atoms with E-state index in [-0.39, 0.29) is 12.1 Å². The molecule has 130 valence electrons. The number of ether oxygens (including phenoxy) is 2. The van der Waals surface area contributed by atoms with Gasteiger partial charge in [-0.05, 0) is 52.9 Å². The van der Waals surface area contributed by atoms with Crippen molar-refractivity contribution in [1.82, 2.24) is 10.2 Å². The summed E-state index contributed by atoms with van der Waals surface area (Å²) in [6, 6.07) is 1.24. The first-order valence-corrected chi connectivity index (χ1v) is 8.47. The van der Waals surface area contributed by atoms with Crippen LogP contribution in [-0.4, -0.2) is 55.5 Å². The maximum absolute atomic E-state index is 12.1. The minimum absolute atomic E-state index is 0.213. The van der Waals surface area contributed by atoms with Crippen LogP contribution in [0.15, 0.2) is 0 Å². The molecule has 1 unspecified atom stereocenters. The number of amides is 1. The van der Waals surface area contributed by atoms with E-state index in [9.17, 15) is 4.79 Å². The number of rotatable bonds is 6. The molecular formula is C17H34N2O3. The van der Waals surface area contributed by atoms with Crippen LogP contribution in [0.4, 0.5) is 4.79 Å². The highest BCUT2D eigenvalue weighted by Crippen LogP contribution is 2.24. The SMILES string of the molecule is CCC(COC)NC1CCC(N(C)C(=O)OC(C)(C)C)CC1. The Morgan fingerprint density at radius 1 is 1.27 bits per heavy atom. The van der Waals surface area contributed by atoms with Gasteiger partial charge in [-0.3, -0.25) is 0 Å². The number of nitrogens with one attached hydrogen (secondary N) is 1. The molecule has 1 saturated carbocycles. The van der Waals surface area contributed by atoms with Gasteiger partial charge in [0, 0.05) is 32.3 Å². The van der Waals surface area contributed by atoms with E-state index in [1.54, 1.807) is 12.0 Å². The van der Waals surface area contributed by atoms with Crippen molar-refractivity contribution >= 4 is 6.09 Å². The minimum Gasteiger partial charge on any atom is -0.444 e. The summed E-state index contributed by atoms with van der Waals surface area (Å²) in [6.45, 7) is 8.65. The Kier molecular flexibility index (Phi) is 7.63. The molecule has 1 atom stereocenters. The van der Waals surface area contributed by atoms with Crippen LogP contribution >= 0.6 is 0 Å². The average Bonchev–Trinajstić information content (AvgIpc) is 2.45. The molecule has 0 heterocycles. The third kappa shape index (κ3) is 6.53. The van der Waals surface area contributed by atoms with Gasteiger partial charge < -0.3 is 19.7 Å². The molecule has 1 N–H and O–H groups in total. The highest BCUT2D eigenvalue weighted by Gasteiger charge is 2.29. The fourth-order valence-electron chi connectivity index (χ4n) is 2.93. The van der Waals surface area contributed by atoms with Crippen LogP contribution in [-0.2, 0) is 9.47 Å². The maximum atomic E-state index is 12.1. The lowest BCUT2D eigenvalue weighted by Crippen LogP contribution is -2.47. The molecule has 0 aromatic rings. The van der Waals surface area contributed by atoms with Crippen molar-refractivity contribution in [2.24, 2.45) is 0 Å². The van der Waals surface area contributed by atoms with Crippen LogP contribution in [0.3, 0.4) is 0 Å². The number of carbonyl (C=O) groups excluding carboxylic acids is 1. The lowest BCUT2D eigenvalue weighted by atomic mass is 9.90. The Hall–Kier alpha value is -0.810. The monoisotopic (exact) mass is 314 g/mol. The third-order valence-corrected chi connectivity index (χ3v) is 4.26. The molecule has 0 radical (unpaired) electrons. The molecule has 0 bridgehead atoms. The molecule has 0 aromatic carbocycles. The number of hydrogen-bond donors (Lipinski definition) is 1. The number of carbonyl (C=O) groups is 1. The number of nitrogens with zero attached hydrogens (tertiary/aromatic N) is 1. The van der Waals surface area contributed by atoms with E-state index in [4.69, 9.17) is 9.47 Å². The second kappa shape index (κ2) is 8.73. The highest BCUT2D eigenvalue weighted by molar-refractivity contribution is 5.68. The summed E-state index contributed by atoms with van der Waals surface area (Å²) in [7, 11) is 3.60. The standard InChI is InChI=1S/C17H34N2O3/c1-7-13(12-21-6)18-14-8-10-15(11-9-14)19(5)16(20)22-17(2,3)4/h13-15,18H,7-12H2,1-6H3. The molecule has 5 heteroatoms. The van der Waals surface area contributed by atoms with Gasteiger partial charge in [-0.15, -0.1) is 0 Å². The lowest BCUT2D eigenvalue weighted by Gasteiger charge is -2.36. The summed E-state index contributed by atoms with van der Waals surface area (Å²) >= 11 is 0. The predicted molar refractivity (Wildman–Crippen MR) is 89.1 cm³/mol. The quantitative estimate of drug-likeness (QED) is 0.818. The molecule has 0 saturated heterocycles. The highest BCUT2D eigenvalue weighted by atomic mass is 16.6. The van der Waals surface area contributed by atoms with Crippen molar-refractivity contribution in [3.63, 3.8) is 0 Å². The minimum atomic E-state index is -0.432. The molecule has 1 fully saturated rings. The van der Waals surface area contributed by atoms with Crippen LogP contribution in [0.2, 0.25) is 0 Å². The molecule has 22 heavy (non-hydrogen) atoms. The van der Waals surface area contributed by atoms with E-state index in [2.05, 4.69) is 12.2 Å². The zero-order chi connectivity index (χ0) is 16.8. The van der Waals surface area contributed by atoms with E-state index < -0.39 is 5.60 Å². The van der Waals surface area contributed by atoms with Crippen molar-refractivity contribution in [3.8, 4) is 0 Å². The van der Waals surface area contributed by atoms with Gasteiger partial charge in [-0.25, -0.2) is 4.79 Å². The van der Waals surface area contributed by atoms with Crippen molar-refractivity contribution < 1.29 is 14.3 Å². The van der Waals surface area contributed by atoms with E-state index in [0.717, 1.165) is 38.7 Å². The molecule has 1 rings (SSSR count). The van der Waals surface area contributed by atoms with Gasteiger partial charge in [0.05, 0.1) is 6.61 Å². The van der Waals surface area contributed by atoms with E-state index in [1.165, 1.54) is 0 Å². The van der Waals surface area contributed by atoms with Crippen molar-refractivity contribution in [2.45, 2.75) is 83.5 Å². The Morgan fingerprint density at radius 3 is 2.32 bits per heavy atom. The first-order chi connectivity index (χ1) is 10.3. The van der Waals surface area contributed by atoms with Crippen LogP contribution < -0.4 is 5.32 Å². The van der Waals surface area contributed by atoms with Gasteiger partial charge in [-0.2, -0.15) is 0 Å². The Bertz CT molecular complexity index is 333. The third-order valence-electron chi connectivity index (χ3n) is 4.26. The van der Waals surface area contributed by atoms with Crippen LogP contribution in [0.5, 0.6) is 0 Å². The van der Waals surface area contributed by atoms with Gasteiger partial charge in [0.15, 0.2) is 0 Å².